The Bertz CT molecular complexity index is 926. The van der Waals surface area contributed by atoms with E-state index in [9.17, 15) is 9.18 Å². The summed E-state index contributed by atoms with van der Waals surface area (Å²) >= 11 is 1.35. The Labute approximate surface area is 162 Å². The Balaban J connectivity index is 1.68. The van der Waals surface area contributed by atoms with E-state index in [0.29, 0.717) is 5.16 Å². The van der Waals surface area contributed by atoms with Gasteiger partial charge in [-0.1, -0.05) is 42.1 Å². The first kappa shape index (κ1) is 19.1. The average molecular weight is 384 g/mol. The van der Waals surface area contributed by atoms with Crippen molar-refractivity contribution in [2.75, 3.05) is 0 Å². The average Bonchev–Trinajstić information content (AvgIpc) is 3.10. The molecule has 0 unspecified atom stereocenters. The summed E-state index contributed by atoms with van der Waals surface area (Å²) in [6, 6.07) is 13.9. The maximum Gasteiger partial charge on any atom is 0.233 e. The quantitative estimate of drug-likeness (QED) is 0.651. The van der Waals surface area contributed by atoms with Crippen molar-refractivity contribution in [1.82, 2.24) is 20.1 Å². The van der Waals surface area contributed by atoms with Crippen LogP contribution in [0.4, 0.5) is 4.39 Å². The van der Waals surface area contributed by atoms with E-state index >= 15 is 0 Å². The molecule has 27 heavy (non-hydrogen) atoms. The number of carbonyl (C=O) groups excluding carboxylic acids is 1. The van der Waals surface area contributed by atoms with Crippen LogP contribution in [0.3, 0.4) is 0 Å². The van der Waals surface area contributed by atoms with Gasteiger partial charge in [-0.15, -0.1) is 10.2 Å². The molecule has 2 aromatic carbocycles. The Morgan fingerprint density at radius 2 is 1.85 bits per heavy atom. The number of amides is 1. The van der Waals surface area contributed by atoms with Crippen molar-refractivity contribution in [3.63, 3.8) is 0 Å². The number of hydrogen-bond acceptors (Lipinski definition) is 4. The van der Waals surface area contributed by atoms with Gasteiger partial charge < -0.3 is 5.32 Å². The Hall–Kier alpha value is -2.67. The number of aromatic nitrogens is 3. The van der Waals surface area contributed by atoms with Gasteiger partial charge in [0.05, 0.1) is 17.0 Å². The summed E-state index contributed by atoms with van der Waals surface area (Å²) in [4.78, 5) is 12.6. The largest absolute Gasteiger partial charge is 0.349 e. The molecule has 5 nitrogen and oxygen atoms in total. The lowest BCUT2D eigenvalue weighted by molar-refractivity contribution is -0.120. The number of aryl methyl sites for hydroxylation is 1. The van der Waals surface area contributed by atoms with Crippen LogP contribution in [0.15, 0.2) is 60.0 Å². The fraction of sp³-hybridized carbons (Fsp3) is 0.250. The van der Waals surface area contributed by atoms with Crippen LogP contribution in [0.5, 0.6) is 0 Å². The van der Waals surface area contributed by atoms with Crippen LogP contribution in [0, 0.1) is 12.7 Å². The van der Waals surface area contributed by atoms with Gasteiger partial charge in [0.15, 0.2) is 5.16 Å². The number of nitrogens with zero attached hydrogens (tertiary/aromatic N) is 3. The number of hydrogen-bond donors (Lipinski definition) is 1. The molecule has 3 rings (SSSR count). The number of para-hydroxylation sites is 1. The highest BCUT2D eigenvalue weighted by Crippen LogP contribution is 2.26. The smallest absolute Gasteiger partial charge is 0.233 e. The zero-order valence-electron chi connectivity index (χ0n) is 15.4. The van der Waals surface area contributed by atoms with E-state index in [4.69, 9.17) is 0 Å². The third-order valence-corrected chi connectivity index (χ3v) is 5.33. The molecule has 0 bridgehead atoms. The van der Waals surface area contributed by atoms with E-state index in [1.807, 2.05) is 49.6 Å². The molecule has 0 saturated heterocycles. The number of halogens is 1. The van der Waals surface area contributed by atoms with Gasteiger partial charge in [0.25, 0.3) is 0 Å². The molecule has 1 N–H and O–H groups in total. The van der Waals surface area contributed by atoms with Gasteiger partial charge in [-0.05, 0) is 50.1 Å². The molecule has 1 heterocycles. The van der Waals surface area contributed by atoms with Crippen LogP contribution in [0.1, 0.15) is 31.0 Å². The molecular formula is C20H21FN4OS. The molecule has 0 aliphatic heterocycles. The first-order valence-corrected chi connectivity index (χ1v) is 9.52. The molecule has 0 spiro atoms. The van der Waals surface area contributed by atoms with Crippen LogP contribution in [0.25, 0.3) is 5.69 Å². The Morgan fingerprint density at radius 1 is 1.15 bits per heavy atom. The second-order valence-electron chi connectivity index (χ2n) is 6.31. The maximum atomic E-state index is 13.1. The SMILES string of the molecule is Cc1ccccc1-n1cnnc1S[C@@H](C)C(=O)N[C@H](C)c1ccc(F)cc1. The van der Waals surface area contributed by atoms with Gasteiger partial charge in [-0.2, -0.15) is 0 Å². The Kier molecular flexibility index (Phi) is 5.91. The minimum absolute atomic E-state index is 0.115. The molecule has 0 saturated carbocycles. The summed E-state index contributed by atoms with van der Waals surface area (Å²) in [5, 5.41) is 11.4. The van der Waals surface area contributed by atoms with Crippen LogP contribution in [-0.2, 0) is 4.79 Å². The molecule has 0 aliphatic rings. The van der Waals surface area contributed by atoms with Crippen molar-refractivity contribution in [3.8, 4) is 5.69 Å². The van der Waals surface area contributed by atoms with Gasteiger partial charge in [-0.25, -0.2) is 4.39 Å². The summed E-state index contributed by atoms with van der Waals surface area (Å²) in [5.74, 6) is -0.409. The zero-order valence-corrected chi connectivity index (χ0v) is 16.2. The molecule has 140 valence electrons. The van der Waals surface area contributed by atoms with Gasteiger partial charge in [0, 0.05) is 0 Å². The van der Waals surface area contributed by atoms with Crippen molar-refractivity contribution in [2.45, 2.75) is 37.2 Å². The fourth-order valence-electron chi connectivity index (χ4n) is 2.68. The lowest BCUT2D eigenvalue weighted by Crippen LogP contribution is -2.33. The van der Waals surface area contributed by atoms with Crippen LogP contribution >= 0.6 is 11.8 Å². The fourth-order valence-corrected chi connectivity index (χ4v) is 3.53. The van der Waals surface area contributed by atoms with Crippen LogP contribution < -0.4 is 5.32 Å². The monoisotopic (exact) mass is 384 g/mol. The van der Waals surface area contributed by atoms with E-state index in [-0.39, 0.29) is 23.0 Å². The van der Waals surface area contributed by atoms with Crippen molar-refractivity contribution < 1.29 is 9.18 Å². The minimum Gasteiger partial charge on any atom is -0.349 e. The van der Waals surface area contributed by atoms with Crippen LogP contribution in [0.2, 0.25) is 0 Å². The molecule has 3 aromatic rings. The molecule has 0 fully saturated rings. The Morgan fingerprint density at radius 3 is 2.56 bits per heavy atom. The predicted octanol–water partition coefficient (Wildman–Crippen LogP) is 4.07. The summed E-state index contributed by atoms with van der Waals surface area (Å²) in [6.07, 6.45) is 1.65. The first-order valence-electron chi connectivity index (χ1n) is 8.64. The summed E-state index contributed by atoms with van der Waals surface area (Å²) in [6.45, 7) is 5.72. The molecule has 1 amide bonds. The highest BCUT2D eigenvalue weighted by molar-refractivity contribution is 8.00. The highest BCUT2D eigenvalue weighted by Gasteiger charge is 2.20. The summed E-state index contributed by atoms with van der Waals surface area (Å²) in [7, 11) is 0. The van der Waals surface area contributed by atoms with Gasteiger partial charge in [0.1, 0.15) is 12.1 Å². The standard InChI is InChI=1S/C20H21FN4OS/c1-13-6-4-5-7-18(13)25-12-22-24-20(25)27-15(3)19(26)23-14(2)16-8-10-17(21)11-9-16/h4-12,14-15H,1-3H3,(H,23,26)/t14-,15+/m1/s1. The number of nitrogens with one attached hydrogen (secondary N) is 1. The normalized spacial score (nSPS) is 13.2. The molecule has 7 heteroatoms. The number of carbonyl (C=O) groups is 1. The van der Waals surface area contributed by atoms with Crippen molar-refractivity contribution in [3.05, 3.63) is 71.8 Å². The molecular weight excluding hydrogens is 363 g/mol. The van der Waals surface area contributed by atoms with Gasteiger partial charge in [0.2, 0.25) is 5.91 Å². The summed E-state index contributed by atoms with van der Waals surface area (Å²) in [5.41, 5.74) is 2.93. The third-order valence-electron chi connectivity index (χ3n) is 4.27. The first-order chi connectivity index (χ1) is 13.0. The number of thioether (sulfide) groups is 1. The van der Waals surface area contributed by atoms with Crippen molar-refractivity contribution in [1.29, 1.82) is 0 Å². The van der Waals surface area contributed by atoms with E-state index in [0.717, 1.165) is 16.8 Å². The third kappa shape index (κ3) is 4.54. The van der Waals surface area contributed by atoms with Gasteiger partial charge >= 0.3 is 0 Å². The molecule has 0 radical (unpaired) electrons. The van der Waals surface area contributed by atoms with Gasteiger partial charge in [-0.3, -0.25) is 9.36 Å². The van der Waals surface area contributed by atoms with Crippen LogP contribution in [-0.4, -0.2) is 25.9 Å². The zero-order chi connectivity index (χ0) is 19.4. The second kappa shape index (κ2) is 8.35. The van der Waals surface area contributed by atoms with Crippen molar-refractivity contribution >= 4 is 17.7 Å². The van der Waals surface area contributed by atoms with E-state index in [2.05, 4.69) is 15.5 Å². The topological polar surface area (TPSA) is 59.8 Å². The molecule has 2 atom stereocenters. The van der Waals surface area contributed by atoms with E-state index in [1.165, 1.54) is 23.9 Å². The molecule has 0 aliphatic carbocycles. The lowest BCUT2D eigenvalue weighted by atomic mass is 10.1. The second-order valence-corrected chi connectivity index (χ2v) is 7.62. The molecule has 1 aromatic heterocycles. The predicted molar refractivity (Wildman–Crippen MR) is 104 cm³/mol. The lowest BCUT2D eigenvalue weighted by Gasteiger charge is -2.18. The highest BCUT2D eigenvalue weighted by atomic mass is 32.2. The van der Waals surface area contributed by atoms with E-state index < -0.39 is 0 Å². The number of benzene rings is 2. The van der Waals surface area contributed by atoms with Crippen molar-refractivity contribution in [2.24, 2.45) is 0 Å². The maximum absolute atomic E-state index is 13.1. The minimum atomic E-state index is -0.361. The number of rotatable bonds is 6. The summed E-state index contributed by atoms with van der Waals surface area (Å²) < 4.78 is 14.9. The van der Waals surface area contributed by atoms with E-state index in [1.54, 1.807) is 18.5 Å².